The Morgan fingerprint density at radius 3 is 2.91 bits per heavy atom. The number of para-hydroxylation sites is 1. The third-order valence-electron chi connectivity index (χ3n) is 4.17. The van der Waals surface area contributed by atoms with E-state index in [-0.39, 0.29) is 40.4 Å². The standard InChI is InChI=1S/C16H17NO3S2.BrH/c1-3-10-8-14(19)20-16(10,2)13(18)9-21-15-17-11-6-4-5-7-12(11)22-15;/h4-7,10H,3,8-9H2,1-2H3;1H. The van der Waals surface area contributed by atoms with Crippen LogP contribution in [0.1, 0.15) is 26.7 Å². The van der Waals surface area contributed by atoms with E-state index in [1.165, 1.54) is 11.8 Å². The van der Waals surface area contributed by atoms with Crippen LogP contribution in [0.5, 0.6) is 0 Å². The lowest BCUT2D eigenvalue weighted by Gasteiger charge is -2.26. The molecule has 4 nitrogen and oxygen atoms in total. The third-order valence-corrected chi connectivity index (χ3v) is 6.34. The summed E-state index contributed by atoms with van der Waals surface area (Å²) in [4.78, 5) is 28.6. The van der Waals surface area contributed by atoms with Gasteiger partial charge in [0.2, 0.25) is 0 Å². The van der Waals surface area contributed by atoms with Crippen LogP contribution in [0.25, 0.3) is 10.2 Å². The van der Waals surface area contributed by atoms with Crippen molar-refractivity contribution in [3.8, 4) is 0 Å². The van der Waals surface area contributed by atoms with Crippen molar-refractivity contribution in [1.29, 1.82) is 0 Å². The molecule has 0 amide bonds. The van der Waals surface area contributed by atoms with E-state index in [4.69, 9.17) is 4.74 Å². The molecule has 2 aromatic rings. The quantitative estimate of drug-likeness (QED) is 0.538. The Balaban J connectivity index is 0.00000192. The van der Waals surface area contributed by atoms with Crippen LogP contribution in [0.15, 0.2) is 28.6 Å². The number of cyclic esters (lactones) is 1. The minimum atomic E-state index is -0.977. The van der Waals surface area contributed by atoms with E-state index in [0.29, 0.717) is 6.42 Å². The first-order chi connectivity index (χ1) is 10.5. The van der Waals surface area contributed by atoms with Gasteiger partial charge in [0.05, 0.1) is 22.4 Å². The molecule has 0 aliphatic carbocycles. The number of fused-ring (bicyclic) bond motifs is 1. The van der Waals surface area contributed by atoms with Crippen LogP contribution >= 0.6 is 40.1 Å². The SMILES string of the molecule is Br.CCC1CC(=O)OC1(C)C(=O)CSc1nc2ccccc2s1. The molecule has 124 valence electrons. The summed E-state index contributed by atoms with van der Waals surface area (Å²) in [7, 11) is 0. The number of rotatable bonds is 5. The molecule has 7 heteroatoms. The van der Waals surface area contributed by atoms with Crippen molar-refractivity contribution >= 4 is 62.0 Å². The van der Waals surface area contributed by atoms with Crippen LogP contribution in [0, 0.1) is 5.92 Å². The van der Waals surface area contributed by atoms with Gasteiger partial charge < -0.3 is 4.74 Å². The Morgan fingerprint density at radius 1 is 1.48 bits per heavy atom. The number of thiazole rings is 1. The summed E-state index contributed by atoms with van der Waals surface area (Å²) in [6.07, 6.45) is 1.10. The lowest BCUT2D eigenvalue weighted by molar-refractivity contribution is -0.156. The second kappa shape index (κ2) is 7.32. The van der Waals surface area contributed by atoms with Crippen LogP contribution in [-0.4, -0.2) is 28.1 Å². The molecule has 2 atom stereocenters. The van der Waals surface area contributed by atoms with Crippen molar-refractivity contribution < 1.29 is 14.3 Å². The highest BCUT2D eigenvalue weighted by Gasteiger charge is 2.49. The largest absolute Gasteiger partial charge is 0.451 e. The van der Waals surface area contributed by atoms with Gasteiger partial charge in [-0.2, -0.15) is 0 Å². The van der Waals surface area contributed by atoms with E-state index < -0.39 is 5.60 Å². The zero-order chi connectivity index (χ0) is 15.7. The molecule has 3 rings (SSSR count). The van der Waals surface area contributed by atoms with E-state index in [9.17, 15) is 9.59 Å². The molecule has 0 saturated carbocycles. The Kier molecular flexibility index (Phi) is 5.86. The number of thioether (sulfide) groups is 1. The first-order valence-corrected chi connectivity index (χ1v) is 9.06. The van der Waals surface area contributed by atoms with Gasteiger partial charge in [0.25, 0.3) is 0 Å². The van der Waals surface area contributed by atoms with E-state index in [1.54, 1.807) is 18.3 Å². The maximum absolute atomic E-state index is 12.5. The number of carbonyl (C=O) groups excluding carboxylic acids is 2. The molecule has 2 unspecified atom stereocenters. The van der Waals surface area contributed by atoms with Crippen molar-refractivity contribution in [2.45, 2.75) is 36.6 Å². The number of ether oxygens (including phenoxy) is 1. The zero-order valence-electron chi connectivity index (χ0n) is 12.9. The van der Waals surface area contributed by atoms with E-state index in [1.807, 2.05) is 31.2 Å². The van der Waals surface area contributed by atoms with Gasteiger partial charge in [0.1, 0.15) is 0 Å². The number of hydrogen-bond donors (Lipinski definition) is 0. The smallest absolute Gasteiger partial charge is 0.307 e. The highest BCUT2D eigenvalue weighted by Crippen LogP contribution is 2.38. The minimum absolute atomic E-state index is 0. The summed E-state index contributed by atoms with van der Waals surface area (Å²) < 4.78 is 7.33. The summed E-state index contributed by atoms with van der Waals surface area (Å²) >= 11 is 3.00. The third kappa shape index (κ3) is 3.61. The fourth-order valence-corrected chi connectivity index (χ4v) is 4.84. The molecule has 0 radical (unpaired) electrons. The fourth-order valence-electron chi connectivity index (χ4n) is 2.76. The number of aromatic nitrogens is 1. The molecule has 0 N–H and O–H groups in total. The number of benzene rings is 1. The lowest BCUT2D eigenvalue weighted by Crippen LogP contribution is -2.42. The summed E-state index contributed by atoms with van der Waals surface area (Å²) in [6, 6.07) is 7.91. The second-order valence-electron chi connectivity index (χ2n) is 5.55. The predicted molar refractivity (Wildman–Crippen MR) is 98.6 cm³/mol. The molecule has 1 aromatic carbocycles. The van der Waals surface area contributed by atoms with Gasteiger partial charge in [-0.05, 0) is 25.5 Å². The number of Topliss-reactive ketones (excluding diaryl/α,β-unsaturated/α-hetero) is 1. The van der Waals surface area contributed by atoms with Crippen LogP contribution in [0.2, 0.25) is 0 Å². The van der Waals surface area contributed by atoms with Gasteiger partial charge in [0, 0.05) is 5.92 Å². The zero-order valence-corrected chi connectivity index (χ0v) is 16.3. The van der Waals surface area contributed by atoms with Crippen LogP contribution < -0.4 is 0 Å². The van der Waals surface area contributed by atoms with Crippen molar-refractivity contribution in [3.63, 3.8) is 0 Å². The predicted octanol–water partition coefficient (Wildman–Crippen LogP) is 4.27. The van der Waals surface area contributed by atoms with E-state index in [2.05, 4.69) is 4.98 Å². The molecule has 2 heterocycles. The van der Waals surface area contributed by atoms with Gasteiger partial charge in [-0.15, -0.1) is 28.3 Å². The summed E-state index contributed by atoms with van der Waals surface area (Å²) in [5.74, 6) is -0.0503. The molecule has 0 spiro atoms. The average molecular weight is 416 g/mol. The van der Waals surface area contributed by atoms with Gasteiger partial charge >= 0.3 is 5.97 Å². The van der Waals surface area contributed by atoms with Crippen LogP contribution in [-0.2, 0) is 14.3 Å². The van der Waals surface area contributed by atoms with Crippen molar-refractivity contribution in [2.75, 3.05) is 5.75 Å². The van der Waals surface area contributed by atoms with Gasteiger partial charge in [0.15, 0.2) is 15.7 Å². The van der Waals surface area contributed by atoms with Crippen molar-refractivity contribution in [2.24, 2.45) is 5.92 Å². The Morgan fingerprint density at radius 2 is 2.22 bits per heavy atom. The maximum Gasteiger partial charge on any atom is 0.307 e. The molecule has 1 fully saturated rings. The first kappa shape index (κ1) is 18.4. The molecule has 0 bridgehead atoms. The van der Waals surface area contributed by atoms with Crippen LogP contribution in [0.3, 0.4) is 0 Å². The molecule has 1 aliphatic rings. The number of carbonyl (C=O) groups is 2. The molecule has 23 heavy (non-hydrogen) atoms. The molecule has 1 aliphatic heterocycles. The summed E-state index contributed by atoms with van der Waals surface area (Å²) in [6.45, 7) is 3.73. The van der Waals surface area contributed by atoms with Gasteiger partial charge in [-0.3, -0.25) is 9.59 Å². The Hall–Kier alpha value is -0.920. The highest BCUT2D eigenvalue weighted by atomic mass is 79.9. The van der Waals surface area contributed by atoms with E-state index >= 15 is 0 Å². The fraction of sp³-hybridized carbons (Fsp3) is 0.438. The molecular weight excluding hydrogens is 398 g/mol. The lowest BCUT2D eigenvalue weighted by atomic mass is 9.84. The van der Waals surface area contributed by atoms with E-state index in [0.717, 1.165) is 21.0 Å². The topological polar surface area (TPSA) is 56.3 Å². The van der Waals surface area contributed by atoms with Crippen LogP contribution in [0.4, 0.5) is 0 Å². The number of hydrogen-bond acceptors (Lipinski definition) is 6. The summed E-state index contributed by atoms with van der Waals surface area (Å²) in [5, 5.41) is 0. The normalized spacial score (nSPS) is 23.6. The number of esters is 1. The molecule has 1 saturated heterocycles. The molecular formula is C16H18BrNO3S2. The maximum atomic E-state index is 12.5. The Bertz CT molecular complexity index is 700. The minimum Gasteiger partial charge on any atom is -0.451 e. The number of halogens is 1. The molecule has 1 aromatic heterocycles. The van der Waals surface area contributed by atoms with Crippen molar-refractivity contribution in [3.05, 3.63) is 24.3 Å². The monoisotopic (exact) mass is 415 g/mol. The Labute approximate surface area is 153 Å². The number of ketones is 1. The van der Waals surface area contributed by atoms with Gasteiger partial charge in [-0.1, -0.05) is 30.8 Å². The average Bonchev–Trinajstić information content (AvgIpc) is 3.05. The second-order valence-corrected chi connectivity index (χ2v) is 7.80. The van der Waals surface area contributed by atoms with Crippen molar-refractivity contribution in [1.82, 2.24) is 4.98 Å². The van der Waals surface area contributed by atoms with Gasteiger partial charge in [-0.25, -0.2) is 4.98 Å². The number of nitrogens with zero attached hydrogens (tertiary/aromatic N) is 1. The highest BCUT2D eigenvalue weighted by molar-refractivity contribution is 8.93. The first-order valence-electron chi connectivity index (χ1n) is 7.26. The summed E-state index contributed by atoms with van der Waals surface area (Å²) in [5.41, 5.74) is -0.0254.